The first-order valence-corrected chi connectivity index (χ1v) is 7.58. The lowest BCUT2D eigenvalue weighted by molar-refractivity contribution is -0.146. The van der Waals surface area contributed by atoms with Crippen LogP contribution < -0.4 is 0 Å². The average molecular weight is 353 g/mol. The number of halogens is 1. The fraction of sp³-hybridized carbons (Fsp3) is 0.400. The van der Waals surface area contributed by atoms with Crippen molar-refractivity contribution in [2.45, 2.75) is 26.7 Å². The van der Waals surface area contributed by atoms with Crippen molar-refractivity contribution in [2.24, 2.45) is 5.92 Å². The second-order valence-corrected chi connectivity index (χ2v) is 5.85. The molecule has 1 atom stereocenters. The van der Waals surface area contributed by atoms with Gasteiger partial charge in [0.2, 0.25) is 11.7 Å². The molecule has 1 aromatic heterocycles. The zero-order valence-corrected chi connectivity index (χ0v) is 13.8. The van der Waals surface area contributed by atoms with E-state index in [0.29, 0.717) is 18.3 Å². The predicted molar refractivity (Wildman–Crippen MR) is 81.6 cm³/mol. The molecule has 0 aliphatic rings. The largest absolute Gasteiger partial charge is 0.465 e. The SMILES string of the molecule is CCOC(=O)C(c1nc(-c2ccc(Br)cc2)no1)C(C)C. The number of carbonyl (C=O) groups is 1. The van der Waals surface area contributed by atoms with Gasteiger partial charge in [0.1, 0.15) is 5.92 Å². The lowest BCUT2D eigenvalue weighted by Gasteiger charge is -2.14. The number of esters is 1. The van der Waals surface area contributed by atoms with E-state index >= 15 is 0 Å². The molecule has 0 N–H and O–H groups in total. The Hall–Kier alpha value is -1.69. The lowest BCUT2D eigenvalue weighted by atomic mass is 9.96. The van der Waals surface area contributed by atoms with Crippen LogP contribution in [0.1, 0.15) is 32.6 Å². The lowest BCUT2D eigenvalue weighted by Crippen LogP contribution is -2.21. The molecule has 0 spiro atoms. The maximum Gasteiger partial charge on any atom is 0.318 e. The van der Waals surface area contributed by atoms with E-state index in [4.69, 9.17) is 9.26 Å². The van der Waals surface area contributed by atoms with Crippen LogP contribution in [0, 0.1) is 5.92 Å². The van der Waals surface area contributed by atoms with Gasteiger partial charge in [-0.05, 0) is 37.1 Å². The van der Waals surface area contributed by atoms with Crippen LogP contribution in [0.5, 0.6) is 0 Å². The van der Waals surface area contributed by atoms with Crippen LogP contribution in [-0.4, -0.2) is 22.7 Å². The number of benzene rings is 1. The Labute approximate surface area is 131 Å². The summed E-state index contributed by atoms with van der Waals surface area (Å²) in [6.07, 6.45) is 0. The van der Waals surface area contributed by atoms with E-state index in [1.54, 1.807) is 6.92 Å². The first-order valence-electron chi connectivity index (χ1n) is 6.79. The van der Waals surface area contributed by atoms with E-state index in [-0.39, 0.29) is 11.9 Å². The highest BCUT2D eigenvalue weighted by molar-refractivity contribution is 9.10. The highest BCUT2D eigenvalue weighted by atomic mass is 79.9. The fourth-order valence-electron chi connectivity index (χ4n) is 1.97. The van der Waals surface area contributed by atoms with Gasteiger partial charge < -0.3 is 9.26 Å². The minimum Gasteiger partial charge on any atom is -0.465 e. The highest BCUT2D eigenvalue weighted by Crippen LogP contribution is 2.27. The summed E-state index contributed by atoms with van der Waals surface area (Å²) in [6, 6.07) is 7.56. The van der Waals surface area contributed by atoms with Gasteiger partial charge in [-0.1, -0.05) is 34.9 Å². The van der Waals surface area contributed by atoms with Crippen LogP contribution in [0.15, 0.2) is 33.3 Å². The van der Waals surface area contributed by atoms with Gasteiger partial charge in [-0.15, -0.1) is 0 Å². The number of rotatable bonds is 5. The van der Waals surface area contributed by atoms with Gasteiger partial charge in [0.05, 0.1) is 6.61 Å². The minimum absolute atomic E-state index is 0.0160. The summed E-state index contributed by atoms with van der Waals surface area (Å²) >= 11 is 3.38. The molecule has 2 rings (SSSR count). The Morgan fingerprint density at radius 2 is 2.00 bits per heavy atom. The molecule has 2 aromatic rings. The molecule has 0 fully saturated rings. The number of hydrogen-bond acceptors (Lipinski definition) is 5. The molecule has 21 heavy (non-hydrogen) atoms. The summed E-state index contributed by atoms with van der Waals surface area (Å²) in [5.41, 5.74) is 0.833. The Kier molecular flexibility index (Phi) is 5.12. The smallest absolute Gasteiger partial charge is 0.318 e. The quantitative estimate of drug-likeness (QED) is 0.765. The Morgan fingerprint density at radius 1 is 1.33 bits per heavy atom. The first-order chi connectivity index (χ1) is 10.0. The van der Waals surface area contributed by atoms with Crippen molar-refractivity contribution >= 4 is 21.9 Å². The van der Waals surface area contributed by atoms with Crippen molar-refractivity contribution in [3.63, 3.8) is 0 Å². The standard InChI is InChI=1S/C15H17BrN2O3/c1-4-20-15(19)12(9(2)3)14-17-13(18-21-14)10-5-7-11(16)8-6-10/h5-9,12H,4H2,1-3H3. The third kappa shape index (κ3) is 3.69. The topological polar surface area (TPSA) is 65.2 Å². The molecule has 0 aliphatic carbocycles. The van der Waals surface area contributed by atoms with Gasteiger partial charge in [-0.3, -0.25) is 4.79 Å². The maximum absolute atomic E-state index is 12.0. The molecule has 1 heterocycles. The second-order valence-electron chi connectivity index (χ2n) is 4.94. The van der Waals surface area contributed by atoms with Crippen molar-refractivity contribution in [3.8, 4) is 11.4 Å². The van der Waals surface area contributed by atoms with Crippen molar-refractivity contribution in [1.29, 1.82) is 0 Å². The average Bonchev–Trinajstić information content (AvgIpc) is 2.89. The van der Waals surface area contributed by atoms with E-state index < -0.39 is 5.92 Å². The molecule has 112 valence electrons. The summed E-state index contributed by atoms with van der Waals surface area (Å²) in [7, 11) is 0. The first kappa shape index (κ1) is 15.7. The molecule has 0 aliphatic heterocycles. The van der Waals surface area contributed by atoms with Gasteiger partial charge in [-0.25, -0.2) is 0 Å². The predicted octanol–water partition coefficient (Wildman–Crippen LogP) is 3.80. The van der Waals surface area contributed by atoms with Crippen LogP contribution in [0.2, 0.25) is 0 Å². The summed E-state index contributed by atoms with van der Waals surface area (Å²) in [6.45, 7) is 5.95. The molecule has 0 amide bonds. The van der Waals surface area contributed by atoms with E-state index in [1.807, 2.05) is 38.1 Å². The zero-order chi connectivity index (χ0) is 15.4. The number of aromatic nitrogens is 2. The molecule has 1 unspecified atom stereocenters. The normalized spacial score (nSPS) is 12.4. The highest BCUT2D eigenvalue weighted by Gasteiger charge is 2.31. The van der Waals surface area contributed by atoms with E-state index in [1.165, 1.54) is 0 Å². The van der Waals surface area contributed by atoms with Gasteiger partial charge >= 0.3 is 5.97 Å². The molecule has 0 bridgehead atoms. The fourth-order valence-corrected chi connectivity index (χ4v) is 2.23. The minimum atomic E-state index is -0.540. The van der Waals surface area contributed by atoms with Crippen molar-refractivity contribution in [1.82, 2.24) is 10.1 Å². The molecule has 5 nitrogen and oxygen atoms in total. The van der Waals surface area contributed by atoms with Gasteiger partial charge in [0.15, 0.2) is 0 Å². The Bertz CT molecular complexity index is 608. The molecule has 0 radical (unpaired) electrons. The summed E-state index contributed by atoms with van der Waals surface area (Å²) in [4.78, 5) is 16.4. The van der Waals surface area contributed by atoms with E-state index in [9.17, 15) is 4.79 Å². The summed E-state index contributed by atoms with van der Waals surface area (Å²) < 4.78 is 11.3. The second kappa shape index (κ2) is 6.85. The van der Waals surface area contributed by atoms with Gasteiger partial charge in [0, 0.05) is 10.0 Å². The van der Waals surface area contributed by atoms with Crippen molar-refractivity contribution < 1.29 is 14.1 Å². The van der Waals surface area contributed by atoms with Crippen LogP contribution in [0.3, 0.4) is 0 Å². The zero-order valence-electron chi connectivity index (χ0n) is 12.2. The van der Waals surface area contributed by atoms with Crippen molar-refractivity contribution in [2.75, 3.05) is 6.61 Å². The molecule has 1 aromatic carbocycles. The van der Waals surface area contributed by atoms with E-state index in [0.717, 1.165) is 10.0 Å². The Balaban J connectivity index is 2.28. The van der Waals surface area contributed by atoms with Crippen LogP contribution in [0.4, 0.5) is 0 Å². The van der Waals surface area contributed by atoms with Crippen LogP contribution in [0.25, 0.3) is 11.4 Å². The van der Waals surface area contributed by atoms with Gasteiger partial charge in [0.25, 0.3) is 0 Å². The van der Waals surface area contributed by atoms with Crippen molar-refractivity contribution in [3.05, 3.63) is 34.6 Å². The monoisotopic (exact) mass is 352 g/mol. The molecular formula is C15H17BrN2O3. The van der Waals surface area contributed by atoms with Crippen LogP contribution >= 0.6 is 15.9 Å². The molecule has 6 heteroatoms. The third-order valence-electron chi connectivity index (χ3n) is 3.02. The maximum atomic E-state index is 12.0. The molecule has 0 saturated carbocycles. The third-order valence-corrected chi connectivity index (χ3v) is 3.55. The van der Waals surface area contributed by atoms with Crippen LogP contribution in [-0.2, 0) is 9.53 Å². The Morgan fingerprint density at radius 3 is 2.57 bits per heavy atom. The number of nitrogens with zero attached hydrogens (tertiary/aromatic N) is 2. The summed E-state index contributed by atoms with van der Waals surface area (Å²) in [5, 5.41) is 3.95. The van der Waals surface area contributed by atoms with E-state index in [2.05, 4.69) is 26.1 Å². The molecular weight excluding hydrogens is 336 g/mol. The number of carbonyl (C=O) groups excluding carboxylic acids is 1. The number of ether oxygens (including phenoxy) is 1. The van der Waals surface area contributed by atoms with Gasteiger partial charge in [-0.2, -0.15) is 4.98 Å². The molecule has 0 saturated heterocycles. The summed E-state index contributed by atoms with van der Waals surface area (Å²) in [5.74, 6) is -0.101. The number of hydrogen-bond donors (Lipinski definition) is 0.